The van der Waals surface area contributed by atoms with E-state index in [0.717, 1.165) is 55.7 Å². The third-order valence-corrected chi connectivity index (χ3v) is 4.33. The van der Waals surface area contributed by atoms with E-state index in [-0.39, 0.29) is 0 Å². The van der Waals surface area contributed by atoms with Gasteiger partial charge in [-0.15, -0.1) is 0 Å². The molecule has 0 spiro atoms. The Kier molecular flexibility index (Phi) is 4.34. The van der Waals surface area contributed by atoms with Crippen LogP contribution in [0.3, 0.4) is 0 Å². The van der Waals surface area contributed by atoms with Crippen LogP contribution in [-0.2, 0) is 13.0 Å². The minimum absolute atomic E-state index is 0.576. The molecule has 2 heterocycles. The van der Waals surface area contributed by atoms with Gasteiger partial charge in [-0.1, -0.05) is 18.5 Å². The lowest BCUT2D eigenvalue weighted by atomic mass is 10.0. The van der Waals surface area contributed by atoms with Crippen LogP contribution >= 0.6 is 11.6 Å². The Morgan fingerprint density at radius 3 is 2.75 bits per heavy atom. The Balaban J connectivity index is 1.90. The molecule has 20 heavy (non-hydrogen) atoms. The standard InChI is InChI=1S/C15H21ClN2O2/c1-2-12-11(10-18-5-3-17-4-6-18)9-13-15(14(12)16)20-8-7-19-13/h9,17H,2-8,10H2,1H3. The van der Waals surface area contributed by atoms with Crippen LogP contribution in [0.5, 0.6) is 11.5 Å². The molecule has 0 aliphatic carbocycles. The van der Waals surface area contributed by atoms with Crippen molar-refractivity contribution in [3.8, 4) is 11.5 Å². The van der Waals surface area contributed by atoms with Crippen molar-refractivity contribution in [1.29, 1.82) is 0 Å². The monoisotopic (exact) mass is 296 g/mol. The van der Waals surface area contributed by atoms with Crippen LogP contribution in [0.2, 0.25) is 5.02 Å². The molecule has 1 saturated heterocycles. The quantitative estimate of drug-likeness (QED) is 0.926. The van der Waals surface area contributed by atoms with Crippen molar-refractivity contribution < 1.29 is 9.47 Å². The van der Waals surface area contributed by atoms with E-state index >= 15 is 0 Å². The van der Waals surface area contributed by atoms with E-state index in [1.807, 2.05) is 0 Å². The van der Waals surface area contributed by atoms with E-state index in [1.54, 1.807) is 0 Å². The van der Waals surface area contributed by atoms with E-state index in [4.69, 9.17) is 21.1 Å². The van der Waals surface area contributed by atoms with Crippen LogP contribution < -0.4 is 14.8 Å². The van der Waals surface area contributed by atoms with E-state index in [2.05, 4.69) is 23.2 Å². The van der Waals surface area contributed by atoms with Crippen molar-refractivity contribution >= 4 is 11.6 Å². The lowest BCUT2D eigenvalue weighted by Crippen LogP contribution is -2.43. The van der Waals surface area contributed by atoms with Gasteiger partial charge in [0.1, 0.15) is 13.2 Å². The van der Waals surface area contributed by atoms with Gasteiger partial charge in [0, 0.05) is 32.7 Å². The van der Waals surface area contributed by atoms with Crippen LogP contribution in [0.25, 0.3) is 0 Å². The number of rotatable bonds is 3. The number of nitrogens with one attached hydrogen (secondary N) is 1. The zero-order valence-corrected chi connectivity index (χ0v) is 12.6. The number of hydrogen-bond donors (Lipinski definition) is 1. The Morgan fingerprint density at radius 2 is 2.00 bits per heavy atom. The molecule has 1 aromatic carbocycles. The predicted octanol–water partition coefficient (Wildman–Crippen LogP) is 2.08. The molecular weight excluding hydrogens is 276 g/mol. The fraction of sp³-hybridized carbons (Fsp3) is 0.600. The highest BCUT2D eigenvalue weighted by molar-refractivity contribution is 6.33. The van der Waals surface area contributed by atoms with Gasteiger partial charge in [-0.3, -0.25) is 4.90 Å². The summed E-state index contributed by atoms with van der Waals surface area (Å²) in [6, 6.07) is 2.11. The average Bonchev–Trinajstić information content (AvgIpc) is 2.49. The molecule has 0 bridgehead atoms. The molecule has 4 nitrogen and oxygen atoms in total. The second kappa shape index (κ2) is 6.20. The smallest absolute Gasteiger partial charge is 0.180 e. The number of halogens is 1. The van der Waals surface area contributed by atoms with E-state index in [1.165, 1.54) is 11.1 Å². The maximum atomic E-state index is 6.51. The summed E-state index contributed by atoms with van der Waals surface area (Å²) in [5.74, 6) is 1.52. The first kappa shape index (κ1) is 14.0. The summed E-state index contributed by atoms with van der Waals surface area (Å²) in [5, 5.41) is 4.11. The van der Waals surface area contributed by atoms with Crippen LogP contribution in [0, 0.1) is 0 Å². The molecule has 0 radical (unpaired) electrons. The van der Waals surface area contributed by atoms with Crippen LogP contribution in [0.15, 0.2) is 6.07 Å². The summed E-state index contributed by atoms with van der Waals surface area (Å²) in [5.41, 5.74) is 2.46. The molecule has 0 aromatic heterocycles. The fourth-order valence-electron chi connectivity index (χ4n) is 2.87. The van der Waals surface area contributed by atoms with Crippen molar-refractivity contribution in [2.75, 3.05) is 39.4 Å². The number of ether oxygens (including phenoxy) is 2. The van der Waals surface area contributed by atoms with Crippen LogP contribution in [0.4, 0.5) is 0 Å². The lowest BCUT2D eigenvalue weighted by Gasteiger charge is -2.29. The third-order valence-electron chi connectivity index (χ3n) is 3.93. The van der Waals surface area contributed by atoms with E-state index in [9.17, 15) is 0 Å². The molecule has 0 saturated carbocycles. The summed E-state index contributed by atoms with van der Waals surface area (Å²) >= 11 is 6.51. The van der Waals surface area contributed by atoms with Gasteiger partial charge < -0.3 is 14.8 Å². The highest BCUT2D eigenvalue weighted by Gasteiger charge is 2.22. The number of benzene rings is 1. The van der Waals surface area contributed by atoms with Gasteiger partial charge in [0.25, 0.3) is 0 Å². The van der Waals surface area contributed by atoms with Crippen molar-refractivity contribution in [2.24, 2.45) is 0 Å². The van der Waals surface area contributed by atoms with E-state index in [0.29, 0.717) is 13.2 Å². The maximum Gasteiger partial charge on any atom is 0.180 e. The minimum atomic E-state index is 0.576. The summed E-state index contributed by atoms with van der Waals surface area (Å²) in [6.07, 6.45) is 0.914. The normalized spacial score (nSPS) is 19.1. The van der Waals surface area contributed by atoms with Gasteiger partial charge in [-0.05, 0) is 23.6 Å². The molecule has 1 aromatic rings. The molecule has 3 rings (SSSR count). The molecular formula is C15H21ClN2O2. The van der Waals surface area contributed by atoms with Gasteiger partial charge in [0.05, 0.1) is 5.02 Å². The van der Waals surface area contributed by atoms with Gasteiger partial charge in [0.2, 0.25) is 0 Å². The van der Waals surface area contributed by atoms with Crippen LogP contribution in [0.1, 0.15) is 18.1 Å². The largest absolute Gasteiger partial charge is 0.486 e. The molecule has 0 atom stereocenters. The summed E-state index contributed by atoms with van der Waals surface area (Å²) < 4.78 is 11.4. The minimum Gasteiger partial charge on any atom is -0.486 e. The first-order valence-electron chi connectivity index (χ1n) is 7.32. The molecule has 2 aliphatic heterocycles. The van der Waals surface area contributed by atoms with Crippen molar-refractivity contribution in [3.63, 3.8) is 0 Å². The maximum absolute atomic E-state index is 6.51. The van der Waals surface area contributed by atoms with Crippen molar-refractivity contribution in [1.82, 2.24) is 10.2 Å². The lowest BCUT2D eigenvalue weighted by molar-refractivity contribution is 0.170. The van der Waals surface area contributed by atoms with Crippen molar-refractivity contribution in [3.05, 3.63) is 22.2 Å². The fourth-order valence-corrected chi connectivity index (χ4v) is 3.27. The van der Waals surface area contributed by atoms with Crippen LogP contribution in [-0.4, -0.2) is 44.3 Å². The molecule has 110 valence electrons. The third kappa shape index (κ3) is 2.73. The number of fused-ring (bicyclic) bond motifs is 1. The number of piperazine rings is 1. The predicted molar refractivity (Wildman–Crippen MR) is 80.0 cm³/mol. The number of hydrogen-bond acceptors (Lipinski definition) is 4. The van der Waals surface area contributed by atoms with E-state index < -0.39 is 0 Å². The first-order valence-corrected chi connectivity index (χ1v) is 7.70. The second-order valence-electron chi connectivity index (χ2n) is 5.23. The summed E-state index contributed by atoms with van der Waals surface area (Å²) in [4.78, 5) is 2.46. The number of nitrogens with zero attached hydrogens (tertiary/aromatic N) is 1. The average molecular weight is 297 g/mol. The zero-order chi connectivity index (χ0) is 13.9. The highest BCUT2D eigenvalue weighted by atomic mass is 35.5. The molecule has 0 amide bonds. The summed E-state index contributed by atoms with van der Waals surface area (Å²) in [6.45, 7) is 8.51. The Morgan fingerprint density at radius 1 is 1.25 bits per heavy atom. The molecule has 0 unspecified atom stereocenters. The van der Waals surface area contributed by atoms with Gasteiger partial charge in [0.15, 0.2) is 11.5 Å². The SMILES string of the molecule is CCc1c(CN2CCNCC2)cc2c(c1Cl)OCCO2. The van der Waals surface area contributed by atoms with Crippen molar-refractivity contribution in [2.45, 2.75) is 19.9 Å². The Labute approximate surface area is 125 Å². The molecule has 1 N–H and O–H groups in total. The highest BCUT2D eigenvalue weighted by Crippen LogP contribution is 2.42. The Hall–Kier alpha value is -0.970. The van der Waals surface area contributed by atoms with Gasteiger partial charge in [-0.2, -0.15) is 0 Å². The molecule has 1 fully saturated rings. The summed E-state index contributed by atoms with van der Waals surface area (Å²) in [7, 11) is 0. The topological polar surface area (TPSA) is 33.7 Å². The molecule has 5 heteroatoms. The molecule has 2 aliphatic rings. The second-order valence-corrected chi connectivity index (χ2v) is 5.61. The Bertz CT molecular complexity index is 487. The van der Waals surface area contributed by atoms with Gasteiger partial charge in [-0.25, -0.2) is 0 Å². The van der Waals surface area contributed by atoms with Gasteiger partial charge >= 0.3 is 0 Å². The first-order chi connectivity index (χ1) is 9.79. The zero-order valence-electron chi connectivity index (χ0n) is 11.9.